The van der Waals surface area contributed by atoms with Gasteiger partial charge in [-0.05, 0) is 12.0 Å². The van der Waals surface area contributed by atoms with Crippen LogP contribution in [0.5, 0.6) is 0 Å². The highest BCUT2D eigenvalue weighted by atomic mass is 16.5. The maximum absolute atomic E-state index is 9.37. The van der Waals surface area contributed by atoms with Gasteiger partial charge in [-0.3, -0.25) is 0 Å². The van der Waals surface area contributed by atoms with E-state index in [0.717, 1.165) is 13.2 Å². The monoisotopic (exact) mass is 237 g/mol. The van der Waals surface area contributed by atoms with E-state index < -0.39 is 6.09 Å². The van der Waals surface area contributed by atoms with E-state index in [9.17, 15) is 4.79 Å². The van der Waals surface area contributed by atoms with Gasteiger partial charge in [-0.1, -0.05) is 43.0 Å². The van der Waals surface area contributed by atoms with Crippen molar-refractivity contribution < 1.29 is 14.3 Å². The fraction of sp³-hybridized carbons (Fsp3) is 0.308. The molecule has 0 spiro atoms. The van der Waals surface area contributed by atoms with Gasteiger partial charge in [0.05, 0.1) is 7.11 Å². The van der Waals surface area contributed by atoms with Crippen LogP contribution in [0.2, 0.25) is 0 Å². The van der Waals surface area contributed by atoms with Crippen molar-refractivity contribution in [3.63, 3.8) is 0 Å². The van der Waals surface area contributed by atoms with Gasteiger partial charge in [-0.25, -0.2) is 4.79 Å². The molecule has 1 aliphatic heterocycles. The minimum Gasteiger partial charge on any atom is -0.453 e. The molecule has 1 heterocycles. The number of methoxy groups -OCH3 is 1. The molecule has 1 amide bonds. The van der Waals surface area contributed by atoms with Crippen molar-refractivity contribution in [2.75, 3.05) is 20.3 Å². The molecule has 0 atom stereocenters. The third kappa shape index (κ3) is 10.5. The summed E-state index contributed by atoms with van der Waals surface area (Å²) in [7, 11) is 1.22. The van der Waals surface area contributed by atoms with E-state index in [1.807, 2.05) is 36.4 Å². The highest BCUT2D eigenvalue weighted by Crippen LogP contribution is 1.97. The number of rotatable bonds is 1. The zero-order chi connectivity index (χ0) is 12.9. The maximum Gasteiger partial charge on any atom is 0.404 e. The number of nitrogens with two attached hydrogens (primary N) is 1. The van der Waals surface area contributed by atoms with Crippen molar-refractivity contribution in [2.45, 2.75) is 6.42 Å². The summed E-state index contributed by atoms with van der Waals surface area (Å²) in [6.07, 6.45) is 2.37. The van der Waals surface area contributed by atoms with Crippen LogP contribution in [-0.2, 0) is 9.47 Å². The van der Waals surface area contributed by atoms with Crippen molar-refractivity contribution >= 4 is 12.2 Å². The second kappa shape index (κ2) is 10.7. The van der Waals surface area contributed by atoms with Crippen LogP contribution in [0.3, 0.4) is 0 Å². The van der Waals surface area contributed by atoms with Gasteiger partial charge < -0.3 is 15.2 Å². The molecule has 1 fully saturated rings. The molecule has 2 rings (SSSR count). The quantitative estimate of drug-likeness (QED) is 0.816. The Labute approximate surface area is 102 Å². The Balaban J connectivity index is 0.000000245. The number of hydrogen-bond donors (Lipinski definition) is 1. The van der Waals surface area contributed by atoms with Crippen LogP contribution in [0.25, 0.3) is 6.08 Å². The van der Waals surface area contributed by atoms with E-state index in [1.165, 1.54) is 19.1 Å². The molecule has 4 nitrogen and oxygen atoms in total. The summed E-state index contributed by atoms with van der Waals surface area (Å²) in [5.41, 5.74) is 5.60. The van der Waals surface area contributed by atoms with Gasteiger partial charge >= 0.3 is 6.09 Å². The molecule has 0 bridgehead atoms. The number of carbonyl (C=O) groups excluding carboxylic acids is 1. The van der Waals surface area contributed by atoms with E-state index in [0.29, 0.717) is 0 Å². The summed E-state index contributed by atoms with van der Waals surface area (Å²) in [4.78, 5) is 9.37. The summed E-state index contributed by atoms with van der Waals surface area (Å²) in [6.45, 7) is 5.63. The van der Waals surface area contributed by atoms with Crippen molar-refractivity contribution in [1.82, 2.24) is 0 Å². The number of carbonyl (C=O) groups is 1. The minimum absolute atomic E-state index is 0.745. The van der Waals surface area contributed by atoms with Crippen LogP contribution in [0.4, 0.5) is 4.79 Å². The first-order valence-corrected chi connectivity index (χ1v) is 5.29. The Hall–Kier alpha value is -1.81. The molecule has 1 aromatic rings. The zero-order valence-electron chi connectivity index (χ0n) is 10.1. The summed E-state index contributed by atoms with van der Waals surface area (Å²) in [5, 5.41) is 0. The molecule has 4 heteroatoms. The highest BCUT2D eigenvalue weighted by molar-refractivity contribution is 5.64. The molecule has 17 heavy (non-hydrogen) atoms. The predicted octanol–water partition coefficient (Wildman–Crippen LogP) is 2.45. The molecule has 1 aliphatic rings. The van der Waals surface area contributed by atoms with Crippen LogP contribution >= 0.6 is 0 Å². The lowest BCUT2D eigenvalue weighted by molar-refractivity contribution is 0.0367. The minimum atomic E-state index is -0.745. The van der Waals surface area contributed by atoms with Crippen LogP contribution in [0.1, 0.15) is 12.0 Å². The fourth-order valence-electron chi connectivity index (χ4n) is 0.733. The first kappa shape index (κ1) is 15.2. The lowest BCUT2D eigenvalue weighted by Crippen LogP contribution is -2.09. The molecular weight excluding hydrogens is 218 g/mol. The molecule has 0 radical (unpaired) electrons. The van der Waals surface area contributed by atoms with E-state index in [4.69, 9.17) is 4.74 Å². The van der Waals surface area contributed by atoms with Gasteiger partial charge in [0.25, 0.3) is 0 Å². The van der Waals surface area contributed by atoms with Gasteiger partial charge in [0, 0.05) is 13.2 Å². The normalized spacial score (nSPS) is 11.6. The molecule has 94 valence electrons. The number of primary amides is 1. The second-order valence-electron chi connectivity index (χ2n) is 3.10. The predicted molar refractivity (Wildman–Crippen MR) is 68.6 cm³/mol. The van der Waals surface area contributed by atoms with Gasteiger partial charge in [0.15, 0.2) is 0 Å². The fourth-order valence-corrected chi connectivity index (χ4v) is 0.733. The summed E-state index contributed by atoms with van der Waals surface area (Å²) in [5.74, 6) is 0. The van der Waals surface area contributed by atoms with Crippen molar-refractivity contribution in [1.29, 1.82) is 0 Å². The van der Waals surface area contributed by atoms with E-state index in [-0.39, 0.29) is 0 Å². The molecule has 0 aliphatic carbocycles. The van der Waals surface area contributed by atoms with Crippen molar-refractivity contribution in [3.05, 3.63) is 42.5 Å². The number of ether oxygens (including phenoxy) is 2. The Bertz CT molecular complexity index is 304. The van der Waals surface area contributed by atoms with Crippen molar-refractivity contribution in [3.8, 4) is 0 Å². The Morgan fingerprint density at radius 3 is 2.00 bits per heavy atom. The third-order valence-corrected chi connectivity index (χ3v) is 1.81. The standard InChI is InChI=1S/C8H8.C3H6O.C2H5NO2/c1-2-8-6-4-3-5-7-8;1-2-4-3-1;1-5-2(3)4/h2-7H,1H2;1-3H2;1H3,(H2,3,4). The summed E-state index contributed by atoms with van der Waals surface area (Å²) in [6, 6.07) is 10.0. The number of benzene rings is 1. The SMILES string of the molecule is C1COC1.C=Cc1ccccc1.COC(N)=O. The van der Waals surface area contributed by atoms with Crippen LogP contribution in [-0.4, -0.2) is 26.4 Å². The van der Waals surface area contributed by atoms with Gasteiger partial charge in [0.2, 0.25) is 0 Å². The van der Waals surface area contributed by atoms with Crippen LogP contribution in [0, 0.1) is 0 Å². The molecule has 2 N–H and O–H groups in total. The smallest absolute Gasteiger partial charge is 0.404 e. The van der Waals surface area contributed by atoms with Crippen LogP contribution in [0.15, 0.2) is 36.9 Å². The second-order valence-corrected chi connectivity index (χ2v) is 3.10. The Morgan fingerprint density at radius 2 is 1.82 bits per heavy atom. The Morgan fingerprint density at radius 1 is 1.41 bits per heavy atom. The average Bonchev–Trinajstić information content (AvgIpc) is 2.28. The zero-order valence-corrected chi connectivity index (χ0v) is 10.1. The molecule has 0 unspecified atom stereocenters. The average molecular weight is 237 g/mol. The first-order chi connectivity index (χ1) is 8.20. The van der Waals surface area contributed by atoms with Gasteiger partial charge in [0.1, 0.15) is 0 Å². The molecular formula is C13H19NO3. The number of amides is 1. The highest BCUT2D eigenvalue weighted by Gasteiger charge is 1.94. The largest absolute Gasteiger partial charge is 0.453 e. The van der Waals surface area contributed by atoms with Gasteiger partial charge in [-0.15, -0.1) is 0 Å². The third-order valence-electron chi connectivity index (χ3n) is 1.81. The van der Waals surface area contributed by atoms with Gasteiger partial charge in [-0.2, -0.15) is 0 Å². The topological polar surface area (TPSA) is 61.6 Å². The molecule has 1 aromatic carbocycles. The first-order valence-electron chi connectivity index (χ1n) is 5.29. The van der Waals surface area contributed by atoms with E-state index >= 15 is 0 Å². The summed E-state index contributed by atoms with van der Waals surface area (Å²) < 4.78 is 8.61. The summed E-state index contributed by atoms with van der Waals surface area (Å²) >= 11 is 0. The number of hydrogen-bond acceptors (Lipinski definition) is 3. The molecule has 0 saturated carbocycles. The lowest BCUT2D eigenvalue weighted by Gasteiger charge is -2.09. The maximum atomic E-state index is 9.37. The van der Waals surface area contributed by atoms with Crippen molar-refractivity contribution in [2.24, 2.45) is 5.73 Å². The lowest BCUT2D eigenvalue weighted by atomic mass is 10.2. The molecule has 0 aromatic heterocycles. The van der Waals surface area contributed by atoms with E-state index in [2.05, 4.69) is 17.0 Å². The Kier molecular flexibility index (Phi) is 9.56. The van der Waals surface area contributed by atoms with Crippen LogP contribution < -0.4 is 5.73 Å². The molecule has 1 saturated heterocycles. The van der Waals surface area contributed by atoms with E-state index in [1.54, 1.807) is 0 Å².